The second-order valence-electron chi connectivity index (χ2n) is 7.07. The minimum absolute atomic E-state index is 0.00723. The summed E-state index contributed by atoms with van der Waals surface area (Å²) in [5.41, 5.74) is 6.32. The number of amides is 2. The summed E-state index contributed by atoms with van der Waals surface area (Å²) in [5.74, 6) is 2.10. The van der Waals surface area contributed by atoms with Crippen molar-refractivity contribution >= 4 is 17.8 Å². The number of nitrogens with two attached hydrogens (primary N) is 1. The third kappa shape index (κ3) is 5.21. The summed E-state index contributed by atoms with van der Waals surface area (Å²) in [5, 5.41) is 2.97. The number of carbonyl (C=O) groups is 1. The van der Waals surface area contributed by atoms with E-state index >= 15 is 0 Å². The maximum atomic E-state index is 12.2. The predicted octanol–water partition coefficient (Wildman–Crippen LogP) is 1.52. The molecule has 1 aliphatic heterocycles. The Hall–Kier alpha value is -3.10. The van der Waals surface area contributed by atoms with Gasteiger partial charge in [-0.1, -0.05) is 13.8 Å². The van der Waals surface area contributed by atoms with Crippen LogP contribution in [0, 0.1) is 5.92 Å². The molecule has 0 spiro atoms. The van der Waals surface area contributed by atoms with Crippen LogP contribution >= 0.6 is 0 Å². The van der Waals surface area contributed by atoms with Gasteiger partial charge in [-0.15, -0.1) is 0 Å². The maximum absolute atomic E-state index is 12.2. The highest BCUT2D eigenvalue weighted by molar-refractivity contribution is 5.74. The predicted molar refractivity (Wildman–Crippen MR) is 107 cm³/mol. The first-order valence-electron chi connectivity index (χ1n) is 9.46. The number of urea groups is 1. The second-order valence-corrected chi connectivity index (χ2v) is 7.07. The minimum atomic E-state index is -0.00723. The van der Waals surface area contributed by atoms with E-state index in [2.05, 4.69) is 39.0 Å². The second kappa shape index (κ2) is 9.20. The summed E-state index contributed by atoms with van der Waals surface area (Å²) < 4.78 is 5.93. The Morgan fingerprint density at radius 2 is 2.00 bits per heavy atom. The van der Waals surface area contributed by atoms with Crippen molar-refractivity contribution in [2.24, 2.45) is 5.92 Å². The van der Waals surface area contributed by atoms with E-state index in [1.165, 1.54) is 0 Å². The van der Waals surface area contributed by atoms with Crippen LogP contribution < -0.4 is 20.7 Å². The van der Waals surface area contributed by atoms with Crippen molar-refractivity contribution in [2.45, 2.75) is 20.5 Å². The Kier molecular flexibility index (Phi) is 6.46. The molecule has 0 atom stereocenters. The largest absolute Gasteiger partial charge is 0.483 e. The molecule has 0 saturated carbocycles. The smallest absolute Gasteiger partial charge is 0.317 e. The van der Waals surface area contributed by atoms with E-state index in [-0.39, 0.29) is 18.6 Å². The highest BCUT2D eigenvalue weighted by atomic mass is 16.5. The van der Waals surface area contributed by atoms with Gasteiger partial charge < -0.3 is 25.6 Å². The molecule has 2 aromatic rings. The molecular formula is C19H27N7O2. The molecular weight excluding hydrogens is 358 g/mol. The van der Waals surface area contributed by atoms with Crippen molar-refractivity contribution in [1.29, 1.82) is 0 Å². The van der Waals surface area contributed by atoms with Crippen LogP contribution in [0.1, 0.15) is 19.5 Å². The molecule has 150 valence electrons. The average Bonchev–Trinajstić information content (AvgIpc) is 2.71. The standard InChI is InChI=1S/C19H27N7O2/c1-14(2)12-23-19(27)26-10-8-25(9-11-26)17-16(4-3-6-21-17)28-13-15-5-7-22-18(20)24-15/h3-7,14H,8-13H2,1-2H3,(H,23,27)(H2,20,22,24). The van der Waals surface area contributed by atoms with Gasteiger partial charge in [0.05, 0.1) is 5.69 Å². The van der Waals surface area contributed by atoms with E-state index in [0.29, 0.717) is 50.1 Å². The van der Waals surface area contributed by atoms with Crippen LogP contribution in [-0.2, 0) is 6.61 Å². The molecule has 2 amide bonds. The van der Waals surface area contributed by atoms with Crippen molar-refractivity contribution in [3.05, 3.63) is 36.3 Å². The van der Waals surface area contributed by atoms with Gasteiger partial charge in [-0.3, -0.25) is 0 Å². The molecule has 3 N–H and O–H groups in total. The summed E-state index contributed by atoms with van der Waals surface area (Å²) in [6.45, 7) is 7.80. The van der Waals surface area contributed by atoms with Crippen LogP contribution in [0.15, 0.2) is 30.6 Å². The van der Waals surface area contributed by atoms with Crippen LogP contribution in [0.3, 0.4) is 0 Å². The van der Waals surface area contributed by atoms with Crippen LogP contribution in [0.2, 0.25) is 0 Å². The molecule has 9 heteroatoms. The number of nitrogens with zero attached hydrogens (tertiary/aromatic N) is 5. The van der Waals surface area contributed by atoms with Crippen molar-refractivity contribution in [3.63, 3.8) is 0 Å². The first-order chi connectivity index (χ1) is 13.5. The van der Waals surface area contributed by atoms with Crippen LogP contribution in [0.4, 0.5) is 16.6 Å². The number of hydrogen-bond acceptors (Lipinski definition) is 7. The molecule has 2 aromatic heterocycles. The average molecular weight is 385 g/mol. The summed E-state index contributed by atoms with van der Waals surface area (Å²) in [7, 11) is 0. The molecule has 1 saturated heterocycles. The van der Waals surface area contributed by atoms with Gasteiger partial charge in [0.1, 0.15) is 6.61 Å². The Morgan fingerprint density at radius 3 is 2.71 bits per heavy atom. The lowest BCUT2D eigenvalue weighted by atomic mass is 10.2. The first kappa shape index (κ1) is 19.7. The molecule has 9 nitrogen and oxygen atoms in total. The van der Waals surface area contributed by atoms with Gasteiger partial charge in [0, 0.05) is 45.1 Å². The van der Waals surface area contributed by atoms with Crippen molar-refractivity contribution in [1.82, 2.24) is 25.2 Å². The van der Waals surface area contributed by atoms with E-state index in [9.17, 15) is 4.79 Å². The summed E-state index contributed by atoms with van der Waals surface area (Å²) in [6.07, 6.45) is 3.35. The topological polar surface area (TPSA) is 110 Å². The lowest BCUT2D eigenvalue weighted by Crippen LogP contribution is -2.52. The fourth-order valence-electron chi connectivity index (χ4n) is 2.90. The zero-order valence-corrected chi connectivity index (χ0v) is 16.3. The summed E-state index contributed by atoms with van der Waals surface area (Å²) >= 11 is 0. The first-order valence-corrected chi connectivity index (χ1v) is 9.46. The zero-order chi connectivity index (χ0) is 19.9. The molecule has 0 aliphatic carbocycles. The number of hydrogen-bond donors (Lipinski definition) is 2. The molecule has 0 bridgehead atoms. The van der Waals surface area contributed by atoms with Gasteiger partial charge in [0.25, 0.3) is 0 Å². The van der Waals surface area contributed by atoms with Gasteiger partial charge in [0.15, 0.2) is 11.6 Å². The van der Waals surface area contributed by atoms with Gasteiger partial charge in [-0.05, 0) is 24.1 Å². The van der Waals surface area contributed by atoms with Crippen LogP contribution in [0.5, 0.6) is 5.75 Å². The summed E-state index contributed by atoms with van der Waals surface area (Å²) in [6, 6.07) is 5.48. The molecule has 28 heavy (non-hydrogen) atoms. The fourth-order valence-corrected chi connectivity index (χ4v) is 2.90. The van der Waals surface area contributed by atoms with Gasteiger partial charge in [0.2, 0.25) is 5.95 Å². The van der Waals surface area contributed by atoms with Gasteiger partial charge >= 0.3 is 6.03 Å². The Morgan fingerprint density at radius 1 is 1.21 bits per heavy atom. The molecule has 0 aromatic carbocycles. The van der Waals surface area contributed by atoms with Crippen LogP contribution in [0.25, 0.3) is 0 Å². The molecule has 0 unspecified atom stereocenters. The normalized spacial score (nSPS) is 14.2. The Labute approximate surface area is 164 Å². The van der Waals surface area contributed by atoms with E-state index in [0.717, 1.165) is 5.82 Å². The third-order valence-corrected chi connectivity index (χ3v) is 4.39. The quantitative estimate of drug-likeness (QED) is 0.776. The van der Waals surface area contributed by atoms with E-state index in [1.54, 1.807) is 18.5 Å². The highest BCUT2D eigenvalue weighted by Gasteiger charge is 2.23. The van der Waals surface area contributed by atoms with E-state index in [4.69, 9.17) is 10.5 Å². The molecule has 3 heterocycles. The summed E-state index contributed by atoms with van der Waals surface area (Å²) in [4.78, 5) is 28.7. The van der Waals surface area contributed by atoms with Crippen molar-refractivity contribution in [3.8, 4) is 5.75 Å². The monoisotopic (exact) mass is 385 g/mol. The number of carbonyl (C=O) groups excluding carboxylic acids is 1. The van der Waals surface area contributed by atoms with Crippen LogP contribution in [-0.4, -0.2) is 58.6 Å². The molecule has 3 rings (SSSR count). The maximum Gasteiger partial charge on any atom is 0.317 e. The fraction of sp³-hybridized carbons (Fsp3) is 0.474. The lowest BCUT2D eigenvalue weighted by molar-refractivity contribution is 0.193. The number of ether oxygens (including phenoxy) is 1. The number of piperazine rings is 1. The zero-order valence-electron chi connectivity index (χ0n) is 16.3. The van der Waals surface area contributed by atoms with E-state index in [1.807, 2.05) is 17.0 Å². The van der Waals surface area contributed by atoms with Crippen molar-refractivity contribution < 1.29 is 9.53 Å². The Bertz CT molecular complexity index is 791. The SMILES string of the molecule is CC(C)CNC(=O)N1CCN(c2ncccc2OCc2ccnc(N)n2)CC1. The number of pyridine rings is 1. The highest BCUT2D eigenvalue weighted by Crippen LogP contribution is 2.27. The Balaban J connectivity index is 1.58. The van der Waals surface area contributed by atoms with Gasteiger partial charge in [-0.25, -0.2) is 19.7 Å². The number of nitrogen functional groups attached to an aromatic ring is 1. The van der Waals surface area contributed by atoms with E-state index < -0.39 is 0 Å². The third-order valence-electron chi connectivity index (χ3n) is 4.39. The number of nitrogens with one attached hydrogen (secondary N) is 1. The van der Waals surface area contributed by atoms with Gasteiger partial charge in [-0.2, -0.15) is 0 Å². The molecule has 1 fully saturated rings. The number of rotatable bonds is 6. The lowest BCUT2D eigenvalue weighted by Gasteiger charge is -2.36. The number of anilines is 2. The molecule has 0 radical (unpaired) electrons. The number of aromatic nitrogens is 3. The molecule has 1 aliphatic rings. The minimum Gasteiger partial charge on any atom is -0.483 e. The van der Waals surface area contributed by atoms with Crippen molar-refractivity contribution in [2.75, 3.05) is 43.4 Å².